The van der Waals surface area contributed by atoms with Crippen molar-refractivity contribution in [2.24, 2.45) is 29.1 Å². The Bertz CT molecular complexity index is 1770. The monoisotopic (exact) mass is 630 g/mol. The van der Waals surface area contributed by atoms with Crippen molar-refractivity contribution in [1.82, 2.24) is 0 Å². The van der Waals surface area contributed by atoms with Gasteiger partial charge in [-0.15, -0.1) is 0 Å². The maximum absolute atomic E-state index is 14.5. The third kappa shape index (κ3) is 3.90. The van der Waals surface area contributed by atoms with E-state index >= 15 is 0 Å². The van der Waals surface area contributed by atoms with E-state index in [-0.39, 0.29) is 46.6 Å². The highest BCUT2D eigenvalue weighted by atomic mass is 35.5. The molecule has 3 aromatic carbocycles. The Balaban J connectivity index is 1.39. The van der Waals surface area contributed by atoms with Crippen molar-refractivity contribution in [2.45, 2.75) is 25.7 Å². The van der Waals surface area contributed by atoms with E-state index in [1.165, 1.54) is 16.9 Å². The van der Waals surface area contributed by atoms with Gasteiger partial charge >= 0.3 is 0 Å². The molecule has 2 aliphatic carbocycles. The van der Waals surface area contributed by atoms with Gasteiger partial charge in [0.2, 0.25) is 23.6 Å². The maximum Gasteiger partial charge on any atom is 0.241 e. The number of nitrogens with zero attached hydrogens (tertiary/aromatic N) is 2. The summed E-state index contributed by atoms with van der Waals surface area (Å²) >= 11 is 12.5. The van der Waals surface area contributed by atoms with Gasteiger partial charge in [-0.25, -0.2) is 4.90 Å². The number of methoxy groups -OCH3 is 1. The van der Waals surface area contributed by atoms with E-state index in [2.05, 4.69) is 0 Å². The van der Waals surface area contributed by atoms with E-state index in [0.29, 0.717) is 28.4 Å². The summed E-state index contributed by atoms with van der Waals surface area (Å²) in [5.41, 5.74) is 1.05. The van der Waals surface area contributed by atoms with Crippen LogP contribution in [0.15, 0.2) is 78.4 Å². The second-order valence-corrected chi connectivity index (χ2v) is 12.9. The molecule has 3 fully saturated rings. The van der Waals surface area contributed by atoms with Gasteiger partial charge < -0.3 is 9.84 Å². The highest BCUT2D eigenvalue weighted by molar-refractivity contribution is 6.32. The zero-order valence-corrected chi connectivity index (χ0v) is 25.4. The van der Waals surface area contributed by atoms with Gasteiger partial charge in [-0.05, 0) is 79.8 Å². The van der Waals surface area contributed by atoms with Gasteiger partial charge in [0, 0.05) is 10.9 Å². The van der Waals surface area contributed by atoms with Crippen molar-refractivity contribution in [1.29, 1.82) is 0 Å². The number of benzene rings is 3. The number of para-hydroxylation sites is 1. The van der Waals surface area contributed by atoms with Crippen LogP contribution in [0.1, 0.15) is 31.2 Å². The van der Waals surface area contributed by atoms with Crippen LogP contribution in [0.4, 0.5) is 11.4 Å². The lowest BCUT2D eigenvalue weighted by Crippen LogP contribution is -2.48. The molecule has 6 unspecified atom stereocenters. The summed E-state index contributed by atoms with van der Waals surface area (Å²) in [5.74, 6) is -4.72. The second-order valence-electron chi connectivity index (χ2n) is 12.0. The Kier molecular flexibility index (Phi) is 6.64. The molecule has 2 aliphatic heterocycles. The van der Waals surface area contributed by atoms with Crippen LogP contribution in [0, 0.1) is 29.1 Å². The Morgan fingerprint density at radius 2 is 1.55 bits per heavy atom. The number of anilines is 2. The lowest BCUT2D eigenvalue weighted by molar-refractivity contribution is -0.131. The van der Waals surface area contributed by atoms with Gasteiger partial charge in [0.1, 0.15) is 0 Å². The molecule has 224 valence electrons. The average Bonchev–Trinajstić information content (AvgIpc) is 3.39. The number of imide groups is 2. The number of hydrogen-bond donors (Lipinski definition) is 1. The van der Waals surface area contributed by atoms with Crippen LogP contribution in [-0.2, 0) is 19.2 Å². The molecular weight excluding hydrogens is 603 g/mol. The lowest BCUT2D eigenvalue weighted by Gasteiger charge is -2.49. The molecule has 4 amide bonds. The fraction of sp³-hybridized carbons (Fsp3) is 0.294. The summed E-state index contributed by atoms with van der Waals surface area (Å²) in [6.07, 6.45) is 2.49. The van der Waals surface area contributed by atoms with Gasteiger partial charge in [0.15, 0.2) is 11.5 Å². The largest absolute Gasteiger partial charge is 0.503 e. The molecule has 4 aliphatic rings. The first-order valence-corrected chi connectivity index (χ1v) is 15.2. The van der Waals surface area contributed by atoms with Crippen LogP contribution < -0.4 is 14.5 Å². The molecule has 0 radical (unpaired) electrons. The Morgan fingerprint density at radius 1 is 0.864 bits per heavy atom. The van der Waals surface area contributed by atoms with Crippen LogP contribution in [0.5, 0.6) is 11.5 Å². The first-order valence-electron chi connectivity index (χ1n) is 14.4. The first-order chi connectivity index (χ1) is 21.1. The van der Waals surface area contributed by atoms with Crippen LogP contribution in [0.25, 0.3) is 0 Å². The molecule has 6 atom stereocenters. The minimum Gasteiger partial charge on any atom is -0.503 e. The molecular formula is C34H28Cl2N2O6. The predicted molar refractivity (Wildman–Crippen MR) is 165 cm³/mol. The molecule has 8 nitrogen and oxygen atoms in total. The highest BCUT2D eigenvalue weighted by Gasteiger charge is 2.67. The molecule has 2 saturated heterocycles. The number of halogens is 2. The number of carbonyl (C=O) groups is 4. The molecule has 3 aromatic rings. The molecule has 0 spiro atoms. The maximum atomic E-state index is 14.5. The van der Waals surface area contributed by atoms with Crippen molar-refractivity contribution >= 4 is 58.2 Å². The van der Waals surface area contributed by atoms with E-state index in [1.807, 2.05) is 12.1 Å². The van der Waals surface area contributed by atoms with Crippen molar-refractivity contribution in [2.75, 3.05) is 16.9 Å². The minimum atomic E-state index is -1.24. The lowest BCUT2D eigenvalue weighted by atomic mass is 9.51. The number of hydrogen-bond acceptors (Lipinski definition) is 6. The van der Waals surface area contributed by atoms with Crippen LogP contribution >= 0.6 is 23.2 Å². The minimum absolute atomic E-state index is 0.0358. The summed E-state index contributed by atoms with van der Waals surface area (Å²) in [7, 11) is 1.41. The van der Waals surface area contributed by atoms with Crippen LogP contribution in [-0.4, -0.2) is 35.8 Å². The Hall–Kier alpha value is -4.14. The van der Waals surface area contributed by atoms with Crippen molar-refractivity contribution in [3.8, 4) is 11.5 Å². The SMILES string of the molecule is COc1cc(C2C3=CCC4C(=O)N(c5ccc(Cl)cc5)C(=O)C4C3CC3C(=O)N(c4ccccc4)C(=O)C32C)cc(Cl)c1O. The van der Waals surface area contributed by atoms with E-state index in [0.717, 1.165) is 5.57 Å². The van der Waals surface area contributed by atoms with E-state index in [4.69, 9.17) is 27.9 Å². The van der Waals surface area contributed by atoms with E-state index in [1.54, 1.807) is 67.6 Å². The number of rotatable bonds is 4. The number of fused-ring (bicyclic) bond motifs is 4. The summed E-state index contributed by atoms with van der Waals surface area (Å²) in [4.78, 5) is 59.0. The zero-order chi connectivity index (χ0) is 31.1. The van der Waals surface area contributed by atoms with Gasteiger partial charge in [-0.1, -0.05) is 53.1 Å². The van der Waals surface area contributed by atoms with Crippen molar-refractivity contribution in [3.05, 3.63) is 94.0 Å². The molecule has 10 heteroatoms. The smallest absolute Gasteiger partial charge is 0.241 e. The van der Waals surface area contributed by atoms with Crippen LogP contribution in [0.3, 0.4) is 0 Å². The van der Waals surface area contributed by atoms with Gasteiger partial charge in [0.05, 0.1) is 46.7 Å². The number of amides is 4. The van der Waals surface area contributed by atoms with E-state index < -0.39 is 35.0 Å². The van der Waals surface area contributed by atoms with Crippen molar-refractivity contribution in [3.63, 3.8) is 0 Å². The topological polar surface area (TPSA) is 104 Å². The molecule has 0 bridgehead atoms. The zero-order valence-electron chi connectivity index (χ0n) is 23.9. The Labute approximate surface area is 263 Å². The van der Waals surface area contributed by atoms with Crippen molar-refractivity contribution < 1.29 is 29.0 Å². The molecule has 1 N–H and O–H groups in total. The van der Waals surface area contributed by atoms with Gasteiger partial charge in [-0.3, -0.25) is 24.1 Å². The second kappa shape index (κ2) is 10.2. The highest BCUT2D eigenvalue weighted by Crippen LogP contribution is 2.64. The number of aromatic hydroxyl groups is 1. The third-order valence-electron chi connectivity index (χ3n) is 9.98. The van der Waals surface area contributed by atoms with Gasteiger partial charge in [0.25, 0.3) is 0 Å². The molecule has 7 rings (SSSR count). The Morgan fingerprint density at radius 3 is 2.23 bits per heavy atom. The first kappa shape index (κ1) is 28.6. The number of phenols is 1. The molecule has 44 heavy (non-hydrogen) atoms. The fourth-order valence-corrected chi connectivity index (χ4v) is 8.32. The van der Waals surface area contributed by atoms with Gasteiger partial charge in [-0.2, -0.15) is 0 Å². The van der Waals surface area contributed by atoms with Crippen LogP contribution in [0.2, 0.25) is 10.0 Å². The molecule has 1 saturated carbocycles. The predicted octanol–water partition coefficient (Wildman–Crippen LogP) is 6.14. The number of allylic oxidation sites excluding steroid dienone is 2. The summed E-state index contributed by atoms with van der Waals surface area (Å²) in [6, 6.07) is 18.6. The average molecular weight is 632 g/mol. The standard InChI is InChI=1S/C34H28Cl2N2O6/c1-34-24(31(41)38(33(34)43)19-6-4-3-5-7-19)16-23-21(28(34)17-14-25(36)29(39)26(15-17)44-2)12-13-22-27(23)32(42)37(30(22)40)20-10-8-18(35)9-11-20/h3-12,14-15,22-24,27-28,39H,13,16H2,1-2H3. The molecule has 0 aromatic heterocycles. The fourth-order valence-electron chi connectivity index (χ4n) is 7.98. The molecule has 2 heterocycles. The number of carbonyl (C=O) groups excluding carboxylic acids is 4. The number of ether oxygens (including phenoxy) is 1. The van der Waals surface area contributed by atoms with E-state index in [9.17, 15) is 24.3 Å². The summed E-state index contributed by atoms with van der Waals surface area (Å²) in [6.45, 7) is 1.80. The summed E-state index contributed by atoms with van der Waals surface area (Å²) in [5, 5.41) is 11.1. The summed E-state index contributed by atoms with van der Waals surface area (Å²) < 4.78 is 5.42. The third-order valence-corrected chi connectivity index (χ3v) is 10.5. The quantitative estimate of drug-likeness (QED) is 0.274. The number of phenolic OH excluding ortho intramolecular Hbond substituents is 1. The normalized spacial score (nSPS) is 29.4.